The molecule has 2 aromatic heterocycles. The predicted molar refractivity (Wildman–Crippen MR) is 42.2 cm³/mol. The van der Waals surface area contributed by atoms with Gasteiger partial charge in [-0.3, -0.25) is 4.98 Å². The highest BCUT2D eigenvalue weighted by atomic mass is 32.1. The Morgan fingerprint density at radius 1 is 1.55 bits per heavy atom. The lowest BCUT2D eigenvalue weighted by Gasteiger charge is -1.75. The fourth-order valence-corrected chi connectivity index (χ4v) is 1.52. The van der Waals surface area contributed by atoms with Gasteiger partial charge < -0.3 is 0 Å². The van der Waals surface area contributed by atoms with Crippen molar-refractivity contribution in [2.24, 2.45) is 0 Å². The van der Waals surface area contributed by atoms with Crippen molar-refractivity contribution in [2.75, 3.05) is 0 Å². The quantitative estimate of drug-likeness (QED) is 0.559. The van der Waals surface area contributed by atoms with E-state index < -0.39 is 0 Å². The predicted octanol–water partition coefficient (Wildman–Crippen LogP) is 2.18. The second-order valence-electron chi connectivity index (χ2n) is 1.94. The van der Waals surface area contributed by atoms with Gasteiger partial charge >= 0.3 is 5.13 Å². The van der Waals surface area contributed by atoms with E-state index in [1.807, 2.05) is 0 Å². The number of thiazole rings is 1. The Morgan fingerprint density at radius 3 is 3.18 bits per heavy atom. The lowest BCUT2D eigenvalue weighted by molar-refractivity contribution is 1.35. The van der Waals surface area contributed by atoms with Crippen LogP contribution in [-0.2, 0) is 0 Å². The van der Waals surface area contributed by atoms with Gasteiger partial charge in [-0.1, -0.05) is 0 Å². The first kappa shape index (κ1) is 6.19. The van der Waals surface area contributed by atoms with E-state index in [1.54, 1.807) is 18.5 Å². The van der Waals surface area contributed by atoms with Crippen LogP contribution in [0, 0.1) is 5.39 Å². The minimum Gasteiger partial charge on any atom is -0.263 e. The standard InChI is InChI=1S/C6H3N4S/c7-10-6-9-4-1-2-8-3-5(4)11-6/h1-3H/q+1. The number of rotatable bonds is 0. The van der Waals surface area contributed by atoms with E-state index in [9.17, 15) is 0 Å². The first-order chi connectivity index (χ1) is 5.40. The second-order valence-corrected chi connectivity index (χ2v) is 2.95. The molecule has 5 heteroatoms. The van der Waals surface area contributed by atoms with Crippen LogP contribution in [0.5, 0.6) is 0 Å². The molecule has 0 spiro atoms. The van der Waals surface area contributed by atoms with Crippen LogP contribution in [0.2, 0.25) is 0 Å². The molecule has 0 saturated heterocycles. The maximum Gasteiger partial charge on any atom is 0.524 e. The molecule has 0 aromatic carbocycles. The fraction of sp³-hybridized carbons (Fsp3) is 0. The van der Waals surface area contributed by atoms with Crippen molar-refractivity contribution in [3.63, 3.8) is 0 Å². The van der Waals surface area contributed by atoms with E-state index >= 15 is 0 Å². The molecule has 0 unspecified atom stereocenters. The van der Waals surface area contributed by atoms with Crippen LogP contribution in [0.1, 0.15) is 0 Å². The number of nitrogens with zero attached hydrogens (tertiary/aromatic N) is 4. The molecule has 0 radical (unpaired) electrons. The van der Waals surface area contributed by atoms with E-state index in [0.717, 1.165) is 10.2 Å². The van der Waals surface area contributed by atoms with Gasteiger partial charge in [0.2, 0.25) is 0 Å². The third-order valence-corrected chi connectivity index (χ3v) is 2.16. The van der Waals surface area contributed by atoms with E-state index in [1.165, 1.54) is 11.3 Å². The molecule has 2 rings (SSSR count). The zero-order chi connectivity index (χ0) is 7.68. The van der Waals surface area contributed by atoms with E-state index in [-0.39, 0.29) is 0 Å². The first-order valence-corrected chi connectivity index (χ1v) is 3.77. The molecule has 0 bridgehead atoms. The van der Waals surface area contributed by atoms with Crippen molar-refractivity contribution in [3.8, 4) is 0 Å². The molecule has 0 N–H and O–H groups in total. The maximum atomic E-state index is 8.39. The summed E-state index contributed by atoms with van der Waals surface area (Å²) in [6.07, 6.45) is 3.35. The van der Waals surface area contributed by atoms with Gasteiger partial charge in [0, 0.05) is 23.4 Å². The fourth-order valence-electron chi connectivity index (χ4n) is 0.811. The summed E-state index contributed by atoms with van der Waals surface area (Å²) in [6.45, 7) is 0. The summed E-state index contributed by atoms with van der Waals surface area (Å²) < 4.78 is 0.931. The van der Waals surface area contributed by atoms with Crippen LogP contribution in [0.15, 0.2) is 18.5 Å². The molecule has 0 saturated carbocycles. The Balaban J connectivity index is 2.81. The summed E-state index contributed by atoms with van der Waals surface area (Å²) in [5, 5.41) is 8.76. The Kier molecular flexibility index (Phi) is 1.27. The van der Waals surface area contributed by atoms with Crippen LogP contribution in [0.4, 0.5) is 5.13 Å². The Labute approximate surface area is 66.2 Å². The average molecular weight is 163 g/mol. The summed E-state index contributed by atoms with van der Waals surface area (Å²) in [6, 6.07) is 1.78. The van der Waals surface area contributed by atoms with Gasteiger partial charge in [0.15, 0.2) is 5.52 Å². The molecule has 0 aliphatic rings. The summed E-state index contributed by atoms with van der Waals surface area (Å²) in [5.41, 5.74) is 0.817. The number of hydrogen-bond donors (Lipinski definition) is 0. The molecule has 0 aliphatic heterocycles. The van der Waals surface area contributed by atoms with Gasteiger partial charge in [-0.2, -0.15) is 0 Å². The molecule has 0 aliphatic carbocycles. The SMILES string of the molecule is N#[N+]c1nc2ccncc2s1. The molecule has 11 heavy (non-hydrogen) atoms. The van der Waals surface area contributed by atoms with Crippen molar-refractivity contribution >= 4 is 26.7 Å². The van der Waals surface area contributed by atoms with Crippen molar-refractivity contribution in [1.29, 1.82) is 5.39 Å². The topological polar surface area (TPSA) is 53.9 Å². The number of fused-ring (bicyclic) bond motifs is 1. The largest absolute Gasteiger partial charge is 0.524 e. The van der Waals surface area contributed by atoms with Crippen molar-refractivity contribution in [3.05, 3.63) is 23.4 Å². The molecule has 0 amide bonds. The summed E-state index contributed by atoms with van der Waals surface area (Å²) in [5.74, 6) is 0. The Bertz CT molecular complexity index is 394. The zero-order valence-electron chi connectivity index (χ0n) is 5.43. The maximum absolute atomic E-state index is 8.39. The number of hydrogen-bond acceptors (Lipinski definition) is 4. The number of pyridine rings is 1. The lowest BCUT2D eigenvalue weighted by atomic mass is 10.4. The molecule has 0 fully saturated rings. The molecular formula is C6H3N4S+. The summed E-state index contributed by atoms with van der Waals surface area (Å²) in [4.78, 5) is 10.9. The molecule has 0 atom stereocenters. The Hall–Kier alpha value is -1.54. The minimum atomic E-state index is 0.369. The first-order valence-electron chi connectivity index (χ1n) is 2.96. The van der Waals surface area contributed by atoms with Gasteiger partial charge in [-0.05, 0) is 16.3 Å². The van der Waals surface area contributed by atoms with Crippen LogP contribution in [0.25, 0.3) is 15.2 Å². The van der Waals surface area contributed by atoms with E-state index in [2.05, 4.69) is 14.9 Å². The van der Waals surface area contributed by atoms with E-state index in [4.69, 9.17) is 5.39 Å². The van der Waals surface area contributed by atoms with E-state index in [0.29, 0.717) is 5.13 Å². The van der Waals surface area contributed by atoms with Crippen molar-refractivity contribution < 1.29 is 0 Å². The third kappa shape index (κ3) is 0.932. The van der Waals surface area contributed by atoms with Gasteiger partial charge in [-0.15, -0.1) is 0 Å². The third-order valence-electron chi connectivity index (χ3n) is 1.27. The highest BCUT2D eigenvalue weighted by Gasteiger charge is 2.13. The van der Waals surface area contributed by atoms with Crippen molar-refractivity contribution in [2.45, 2.75) is 0 Å². The smallest absolute Gasteiger partial charge is 0.263 e. The second kappa shape index (κ2) is 2.25. The van der Waals surface area contributed by atoms with Crippen LogP contribution in [-0.4, -0.2) is 9.97 Å². The van der Waals surface area contributed by atoms with Crippen LogP contribution >= 0.6 is 11.3 Å². The molecule has 4 nitrogen and oxygen atoms in total. The normalized spacial score (nSPS) is 9.73. The van der Waals surface area contributed by atoms with Gasteiger partial charge in [0.05, 0.1) is 5.39 Å². The van der Waals surface area contributed by atoms with Gasteiger partial charge in [0.25, 0.3) is 0 Å². The molecule has 52 valence electrons. The van der Waals surface area contributed by atoms with Crippen LogP contribution < -0.4 is 0 Å². The van der Waals surface area contributed by atoms with Gasteiger partial charge in [-0.25, -0.2) is 0 Å². The highest BCUT2D eigenvalue weighted by molar-refractivity contribution is 7.22. The average Bonchev–Trinajstić information content (AvgIpc) is 2.46. The molecular weight excluding hydrogens is 160 g/mol. The molecule has 2 aromatic rings. The lowest BCUT2D eigenvalue weighted by Crippen LogP contribution is -1.67. The van der Waals surface area contributed by atoms with Crippen LogP contribution in [0.3, 0.4) is 0 Å². The minimum absolute atomic E-state index is 0.369. The Morgan fingerprint density at radius 2 is 2.45 bits per heavy atom. The number of diazo groups is 1. The van der Waals surface area contributed by atoms with Crippen molar-refractivity contribution in [1.82, 2.24) is 9.97 Å². The number of aromatic nitrogens is 2. The monoisotopic (exact) mass is 163 g/mol. The summed E-state index contributed by atoms with van der Waals surface area (Å²) >= 11 is 1.31. The highest BCUT2D eigenvalue weighted by Crippen LogP contribution is 2.26. The van der Waals surface area contributed by atoms with Gasteiger partial charge in [0.1, 0.15) is 4.70 Å². The molecule has 2 heterocycles. The zero-order valence-corrected chi connectivity index (χ0v) is 6.25. The summed E-state index contributed by atoms with van der Waals surface area (Å²) in [7, 11) is 0.